The minimum atomic E-state index is -0.838. The number of hydrogen-bond acceptors (Lipinski definition) is 1. The van der Waals surface area contributed by atoms with Gasteiger partial charge in [-0.1, -0.05) is 18.2 Å². The summed E-state index contributed by atoms with van der Waals surface area (Å²) in [5.74, 6) is -1.68. The molecule has 2 aromatic rings. The Morgan fingerprint density at radius 3 is 2.39 bits per heavy atom. The van der Waals surface area contributed by atoms with Gasteiger partial charge in [0.25, 0.3) is 0 Å². The minimum absolute atomic E-state index is 0.0849. The van der Waals surface area contributed by atoms with E-state index in [0.717, 1.165) is 15.2 Å². The van der Waals surface area contributed by atoms with E-state index in [9.17, 15) is 8.78 Å². The smallest absolute Gasteiger partial charge is 0.181 e. The van der Waals surface area contributed by atoms with Gasteiger partial charge in [0.1, 0.15) is 0 Å². The average molecular weight is 359 g/mol. The lowest BCUT2D eigenvalue weighted by Crippen LogP contribution is -2.08. The summed E-state index contributed by atoms with van der Waals surface area (Å²) in [6.45, 7) is 1.91. The Balaban J connectivity index is 2.18. The van der Waals surface area contributed by atoms with Crippen LogP contribution in [0.1, 0.15) is 18.5 Å². The van der Waals surface area contributed by atoms with Crippen LogP contribution in [-0.4, -0.2) is 0 Å². The van der Waals surface area contributed by atoms with Gasteiger partial charge in [-0.25, -0.2) is 8.78 Å². The van der Waals surface area contributed by atoms with Crippen LogP contribution in [0.2, 0.25) is 0 Å². The van der Waals surface area contributed by atoms with Crippen LogP contribution in [0.5, 0.6) is 0 Å². The maximum Gasteiger partial charge on any atom is 0.181 e. The molecular weight excluding hydrogens is 347 g/mol. The number of hydrogen-bond donors (Lipinski definition) is 1. The molecule has 0 fully saturated rings. The first-order chi connectivity index (χ1) is 8.58. The molecule has 18 heavy (non-hydrogen) atoms. The Morgan fingerprint density at radius 1 is 1.06 bits per heavy atom. The molecule has 0 saturated carbocycles. The zero-order valence-electron chi connectivity index (χ0n) is 9.75. The fourth-order valence-corrected chi connectivity index (χ4v) is 2.04. The molecule has 0 saturated heterocycles. The second-order valence-corrected chi connectivity index (χ2v) is 5.26. The monoisotopic (exact) mass is 359 g/mol. The Labute approximate surface area is 118 Å². The van der Waals surface area contributed by atoms with E-state index in [1.807, 2.05) is 31.2 Å². The summed E-state index contributed by atoms with van der Waals surface area (Å²) in [6.07, 6.45) is 0. The molecule has 0 bridgehead atoms. The van der Waals surface area contributed by atoms with E-state index in [1.165, 1.54) is 12.1 Å². The first-order valence-corrected chi connectivity index (χ1v) is 6.62. The molecule has 0 radical (unpaired) electrons. The summed E-state index contributed by atoms with van der Waals surface area (Å²) >= 11 is 2.22. The highest BCUT2D eigenvalue weighted by molar-refractivity contribution is 14.1. The van der Waals surface area contributed by atoms with Crippen molar-refractivity contribution in [2.45, 2.75) is 13.0 Å². The summed E-state index contributed by atoms with van der Waals surface area (Å²) in [7, 11) is 0. The summed E-state index contributed by atoms with van der Waals surface area (Å²) in [5, 5.41) is 2.97. The van der Waals surface area contributed by atoms with E-state index >= 15 is 0 Å². The van der Waals surface area contributed by atoms with Crippen molar-refractivity contribution >= 4 is 28.3 Å². The zero-order chi connectivity index (χ0) is 13.1. The van der Waals surface area contributed by atoms with Crippen molar-refractivity contribution in [3.63, 3.8) is 0 Å². The van der Waals surface area contributed by atoms with Gasteiger partial charge in [0, 0.05) is 9.61 Å². The van der Waals surface area contributed by atoms with Gasteiger partial charge in [0.15, 0.2) is 11.6 Å². The quantitative estimate of drug-likeness (QED) is 0.781. The first kappa shape index (κ1) is 13.3. The van der Waals surface area contributed by atoms with E-state index in [-0.39, 0.29) is 11.7 Å². The highest BCUT2D eigenvalue weighted by Crippen LogP contribution is 2.23. The normalized spacial score (nSPS) is 12.2. The molecule has 0 spiro atoms. The second-order valence-electron chi connectivity index (χ2n) is 4.02. The summed E-state index contributed by atoms with van der Waals surface area (Å²) in [5.41, 5.74) is 1.21. The van der Waals surface area contributed by atoms with Gasteiger partial charge in [-0.15, -0.1) is 0 Å². The van der Waals surface area contributed by atoms with Gasteiger partial charge in [-0.2, -0.15) is 0 Å². The maximum atomic E-state index is 13.5. The van der Waals surface area contributed by atoms with E-state index in [0.29, 0.717) is 0 Å². The van der Waals surface area contributed by atoms with Crippen molar-refractivity contribution in [2.75, 3.05) is 5.32 Å². The maximum absolute atomic E-state index is 13.5. The third-order valence-electron chi connectivity index (χ3n) is 2.69. The molecule has 0 aliphatic rings. The fourth-order valence-electron chi connectivity index (χ4n) is 1.68. The molecule has 1 nitrogen and oxygen atoms in total. The van der Waals surface area contributed by atoms with Crippen LogP contribution in [0.4, 0.5) is 14.5 Å². The van der Waals surface area contributed by atoms with E-state index in [1.54, 1.807) is 0 Å². The van der Waals surface area contributed by atoms with Gasteiger partial charge in [-0.3, -0.25) is 0 Å². The van der Waals surface area contributed by atoms with Crippen LogP contribution < -0.4 is 5.32 Å². The van der Waals surface area contributed by atoms with E-state index in [4.69, 9.17) is 0 Å². The topological polar surface area (TPSA) is 12.0 Å². The van der Waals surface area contributed by atoms with Crippen LogP contribution in [-0.2, 0) is 0 Å². The number of rotatable bonds is 3. The fraction of sp³-hybridized carbons (Fsp3) is 0.143. The highest BCUT2D eigenvalue weighted by atomic mass is 127. The van der Waals surface area contributed by atoms with Crippen molar-refractivity contribution in [3.05, 3.63) is 63.2 Å². The SMILES string of the molecule is CC(Nc1cccc(F)c1F)c1ccc(I)cc1. The molecule has 2 rings (SSSR count). The second kappa shape index (κ2) is 5.65. The third-order valence-corrected chi connectivity index (χ3v) is 3.41. The molecule has 0 aliphatic heterocycles. The lowest BCUT2D eigenvalue weighted by Gasteiger charge is -2.16. The van der Waals surface area contributed by atoms with E-state index < -0.39 is 11.6 Å². The predicted molar refractivity (Wildman–Crippen MR) is 77.6 cm³/mol. The van der Waals surface area contributed by atoms with Crippen molar-refractivity contribution in [1.82, 2.24) is 0 Å². The van der Waals surface area contributed by atoms with Crippen LogP contribution in [0.15, 0.2) is 42.5 Å². The minimum Gasteiger partial charge on any atom is -0.376 e. The lowest BCUT2D eigenvalue weighted by atomic mass is 10.1. The van der Waals surface area contributed by atoms with Gasteiger partial charge in [-0.05, 0) is 59.3 Å². The predicted octanol–water partition coefficient (Wildman–Crippen LogP) is 4.74. The number of halogens is 3. The third kappa shape index (κ3) is 2.98. The molecule has 4 heteroatoms. The molecule has 2 aromatic carbocycles. The molecule has 1 unspecified atom stereocenters. The molecule has 0 amide bonds. The van der Waals surface area contributed by atoms with E-state index in [2.05, 4.69) is 27.9 Å². The van der Waals surface area contributed by atoms with Gasteiger partial charge >= 0.3 is 0 Å². The van der Waals surface area contributed by atoms with Crippen molar-refractivity contribution in [3.8, 4) is 0 Å². The number of benzene rings is 2. The molecule has 94 valence electrons. The number of anilines is 1. The van der Waals surface area contributed by atoms with Gasteiger partial charge in [0.2, 0.25) is 0 Å². The van der Waals surface area contributed by atoms with Crippen LogP contribution in [0, 0.1) is 15.2 Å². The van der Waals surface area contributed by atoms with Crippen molar-refractivity contribution in [2.24, 2.45) is 0 Å². The summed E-state index contributed by atoms with van der Waals surface area (Å²) in [4.78, 5) is 0. The summed E-state index contributed by atoms with van der Waals surface area (Å²) < 4.78 is 27.7. The van der Waals surface area contributed by atoms with Crippen molar-refractivity contribution < 1.29 is 8.78 Å². The summed E-state index contributed by atoms with van der Waals surface area (Å²) in [6, 6.07) is 11.9. The molecule has 1 N–H and O–H groups in total. The zero-order valence-corrected chi connectivity index (χ0v) is 11.9. The van der Waals surface area contributed by atoms with Crippen LogP contribution in [0.25, 0.3) is 0 Å². The van der Waals surface area contributed by atoms with Crippen molar-refractivity contribution in [1.29, 1.82) is 0 Å². The number of nitrogens with one attached hydrogen (secondary N) is 1. The highest BCUT2D eigenvalue weighted by Gasteiger charge is 2.11. The molecule has 0 heterocycles. The first-order valence-electron chi connectivity index (χ1n) is 5.54. The average Bonchev–Trinajstić information content (AvgIpc) is 2.36. The lowest BCUT2D eigenvalue weighted by molar-refractivity contribution is 0.510. The Morgan fingerprint density at radius 2 is 1.72 bits per heavy atom. The van der Waals surface area contributed by atoms with Crippen LogP contribution in [0.3, 0.4) is 0 Å². The van der Waals surface area contributed by atoms with Gasteiger partial charge in [0.05, 0.1) is 5.69 Å². The Bertz CT molecular complexity index is 540. The van der Waals surface area contributed by atoms with Gasteiger partial charge < -0.3 is 5.32 Å². The Hall–Kier alpha value is -1.17. The molecule has 0 aromatic heterocycles. The van der Waals surface area contributed by atoms with Crippen LogP contribution >= 0.6 is 22.6 Å². The molecule has 0 aliphatic carbocycles. The molecule has 1 atom stereocenters. The molecular formula is C14H12F2IN. The largest absolute Gasteiger partial charge is 0.376 e. The Kier molecular flexibility index (Phi) is 4.16. The standard InChI is InChI=1S/C14H12F2IN/c1-9(10-5-7-11(17)8-6-10)18-13-4-2-3-12(15)14(13)16/h2-9,18H,1H3.